The first-order valence-corrected chi connectivity index (χ1v) is 7.63. The molecule has 1 aliphatic carbocycles. The Morgan fingerprint density at radius 1 is 1.27 bits per heavy atom. The van der Waals surface area contributed by atoms with Crippen molar-refractivity contribution in [1.29, 1.82) is 0 Å². The summed E-state index contributed by atoms with van der Waals surface area (Å²) in [6.45, 7) is 0.168. The van der Waals surface area contributed by atoms with Crippen molar-refractivity contribution in [3.8, 4) is 0 Å². The summed E-state index contributed by atoms with van der Waals surface area (Å²) in [5.74, 6) is 0.804. The molecule has 22 heavy (non-hydrogen) atoms. The van der Waals surface area contributed by atoms with E-state index in [1.807, 2.05) is 12.1 Å². The predicted molar refractivity (Wildman–Crippen MR) is 86.9 cm³/mol. The van der Waals surface area contributed by atoms with Crippen LogP contribution in [-0.4, -0.2) is 17.6 Å². The molecule has 1 heterocycles. The second-order valence-corrected chi connectivity index (χ2v) is 5.53. The van der Waals surface area contributed by atoms with Crippen LogP contribution in [0.1, 0.15) is 35.8 Å². The summed E-state index contributed by atoms with van der Waals surface area (Å²) in [6, 6.07) is 9.69. The molecule has 2 aromatic rings. The summed E-state index contributed by atoms with van der Waals surface area (Å²) >= 11 is 0. The number of nitrogens with zero attached hydrogens (tertiary/aromatic N) is 1. The number of furan rings is 1. The fourth-order valence-electron chi connectivity index (χ4n) is 2.83. The molecule has 0 saturated heterocycles. The van der Waals surface area contributed by atoms with Gasteiger partial charge < -0.3 is 20.6 Å². The Balaban J connectivity index is 1.66. The van der Waals surface area contributed by atoms with E-state index in [9.17, 15) is 5.11 Å². The summed E-state index contributed by atoms with van der Waals surface area (Å²) < 4.78 is 5.14. The molecule has 0 aliphatic heterocycles. The molecule has 1 aromatic heterocycles. The molecule has 1 aromatic carbocycles. The summed E-state index contributed by atoms with van der Waals surface area (Å²) in [5, 5.41) is 13.1. The van der Waals surface area contributed by atoms with Gasteiger partial charge in [-0.15, -0.1) is 0 Å². The maximum absolute atomic E-state index is 9.93. The van der Waals surface area contributed by atoms with E-state index < -0.39 is 6.10 Å². The SMILES string of the molecule is NC(=NCC(O)c1ccco1)Nc1cccc2c1CCCC2. The van der Waals surface area contributed by atoms with Crippen LogP contribution < -0.4 is 11.1 Å². The number of aryl methyl sites for hydroxylation is 1. The number of aliphatic hydroxyl groups is 1. The zero-order valence-corrected chi connectivity index (χ0v) is 12.5. The highest BCUT2D eigenvalue weighted by Gasteiger charge is 2.13. The minimum Gasteiger partial charge on any atom is -0.467 e. The van der Waals surface area contributed by atoms with Gasteiger partial charge in [0.25, 0.3) is 0 Å². The number of nitrogens with two attached hydrogens (primary N) is 1. The van der Waals surface area contributed by atoms with Crippen LogP contribution in [0.5, 0.6) is 0 Å². The maximum Gasteiger partial charge on any atom is 0.193 e. The minimum atomic E-state index is -0.778. The fourth-order valence-corrected chi connectivity index (χ4v) is 2.83. The minimum absolute atomic E-state index is 0.168. The Morgan fingerprint density at radius 3 is 2.95 bits per heavy atom. The van der Waals surface area contributed by atoms with Gasteiger partial charge in [0.2, 0.25) is 0 Å². The van der Waals surface area contributed by atoms with Crippen LogP contribution in [0.25, 0.3) is 0 Å². The van der Waals surface area contributed by atoms with Crippen molar-refractivity contribution in [2.75, 3.05) is 11.9 Å². The third-order valence-electron chi connectivity index (χ3n) is 3.96. The van der Waals surface area contributed by atoms with Gasteiger partial charge in [-0.05, 0) is 55.0 Å². The Bertz CT molecular complexity index is 650. The van der Waals surface area contributed by atoms with Gasteiger partial charge in [-0.1, -0.05) is 12.1 Å². The maximum atomic E-state index is 9.93. The van der Waals surface area contributed by atoms with Crippen LogP contribution in [0.15, 0.2) is 46.0 Å². The molecule has 5 heteroatoms. The van der Waals surface area contributed by atoms with Crippen molar-refractivity contribution >= 4 is 11.6 Å². The number of hydrogen-bond donors (Lipinski definition) is 3. The van der Waals surface area contributed by atoms with Crippen LogP contribution in [0.3, 0.4) is 0 Å². The van der Waals surface area contributed by atoms with Crippen molar-refractivity contribution in [3.63, 3.8) is 0 Å². The summed E-state index contributed by atoms with van der Waals surface area (Å²) in [5.41, 5.74) is 9.68. The molecule has 1 atom stereocenters. The molecule has 3 rings (SSSR count). The molecule has 0 saturated carbocycles. The van der Waals surface area contributed by atoms with Crippen molar-refractivity contribution in [3.05, 3.63) is 53.5 Å². The molecule has 0 spiro atoms. The first-order chi connectivity index (χ1) is 10.7. The van der Waals surface area contributed by atoms with Crippen LogP contribution >= 0.6 is 0 Å². The summed E-state index contributed by atoms with van der Waals surface area (Å²) in [7, 11) is 0. The van der Waals surface area contributed by atoms with Crippen LogP contribution in [-0.2, 0) is 12.8 Å². The van der Waals surface area contributed by atoms with Gasteiger partial charge in [-0.3, -0.25) is 0 Å². The number of nitrogens with one attached hydrogen (secondary N) is 1. The molecule has 4 N–H and O–H groups in total. The van der Waals surface area contributed by atoms with E-state index in [4.69, 9.17) is 10.2 Å². The zero-order chi connectivity index (χ0) is 15.4. The fraction of sp³-hybridized carbons (Fsp3) is 0.353. The highest BCUT2D eigenvalue weighted by atomic mass is 16.4. The first kappa shape index (κ1) is 14.7. The number of guanidine groups is 1. The molecule has 116 valence electrons. The van der Waals surface area contributed by atoms with Gasteiger partial charge in [0.05, 0.1) is 12.8 Å². The summed E-state index contributed by atoms with van der Waals surface area (Å²) in [6.07, 6.45) is 5.40. The number of aliphatic imine (C=N–C) groups is 1. The average molecular weight is 299 g/mol. The van der Waals surface area contributed by atoms with E-state index in [1.54, 1.807) is 12.1 Å². The van der Waals surface area contributed by atoms with E-state index >= 15 is 0 Å². The molecular weight excluding hydrogens is 278 g/mol. The van der Waals surface area contributed by atoms with Gasteiger partial charge in [0.15, 0.2) is 5.96 Å². The van der Waals surface area contributed by atoms with E-state index in [0.29, 0.717) is 11.7 Å². The Hall–Kier alpha value is -2.27. The zero-order valence-electron chi connectivity index (χ0n) is 12.5. The first-order valence-electron chi connectivity index (χ1n) is 7.63. The normalized spacial score (nSPS) is 16.1. The van der Waals surface area contributed by atoms with Gasteiger partial charge in [-0.2, -0.15) is 0 Å². The molecule has 0 fully saturated rings. The molecule has 0 radical (unpaired) electrons. The third-order valence-corrected chi connectivity index (χ3v) is 3.96. The smallest absolute Gasteiger partial charge is 0.193 e. The van der Waals surface area contributed by atoms with Gasteiger partial charge in [0.1, 0.15) is 11.9 Å². The number of fused-ring (bicyclic) bond motifs is 1. The largest absolute Gasteiger partial charge is 0.467 e. The highest BCUT2D eigenvalue weighted by Crippen LogP contribution is 2.27. The van der Waals surface area contributed by atoms with Gasteiger partial charge in [-0.25, -0.2) is 4.99 Å². The second kappa shape index (κ2) is 6.66. The van der Waals surface area contributed by atoms with Crippen molar-refractivity contribution < 1.29 is 9.52 Å². The highest BCUT2D eigenvalue weighted by molar-refractivity contribution is 5.93. The lowest BCUT2D eigenvalue weighted by atomic mass is 9.90. The molecule has 5 nitrogen and oxygen atoms in total. The average Bonchev–Trinajstić information content (AvgIpc) is 3.07. The second-order valence-electron chi connectivity index (χ2n) is 5.53. The van der Waals surface area contributed by atoms with Crippen LogP contribution in [0.4, 0.5) is 5.69 Å². The van der Waals surface area contributed by atoms with E-state index in [0.717, 1.165) is 18.5 Å². The van der Waals surface area contributed by atoms with Crippen LogP contribution in [0, 0.1) is 0 Å². The Kier molecular flexibility index (Phi) is 4.44. The Labute approximate surface area is 129 Å². The van der Waals surface area contributed by atoms with E-state index in [1.165, 1.54) is 30.2 Å². The molecule has 0 bridgehead atoms. The van der Waals surface area contributed by atoms with Gasteiger partial charge >= 0.3 is 0 Å². The number of rotatable bonds is 4. The standard InChI is InChI=1S/C17H21N3O2/c18-17(19-11-15(21)16-9-4-10-22-16)20-14-8-3-6-12-5-1-2-7-13(12)14/h3-4,6,8-10,15,21H,1-2,5,7,11H2,(H3,18,19,20). The number of hydrogen-bond acceptors (Lipinski definition) is 3. The Morgan fingerprint density at radius 2 is 2.14 bits per heavy atom. The summed E-state index contributed by atoms with van der Waals surface area (Å²) in [4.78, 5) is 4.20. The van der Waals surface area contributed by atoms with E-state index in [-0.39, 0.29) is 6.54 Å². The van der Waals surface area contributed by atoms with E-state index in [2.05, 4.69) is 16.4 Å². The molecule has 1 unspecified atom stereocenters. The van der Waals surface area contributed by atoms with Crippen molar-refractivity contribution in [2.24, 2.45) is 10.7 Å². The lowest BCUT2D eigenvalue weighted by Crippen LogP contribution is -2.25. The number of benzene rings is 1. The number of aliphatic hydroxyl groups excluding tert-OH is 1. The number of anilines is 1. The van der Waals surface area contributed by atoms with Crippen molar-refractivity contribution in [2.45, 2.75) is 31.8 Å². The third kappa shape index (κ3) is 3.31. The molecular formula is C17H21N3O2. The monoisotopic (exact) mass is 299 g/mol. The van der Waals surface area contributed by atoms with Crippen LogP contribution in [0.2, 0.25) is 0 Å². The lowest BCUT2D eigenvalue weighted by molar-refractivity contribution is 0.158. The molecule has 1 aliphatic rings. The van der Waals surface area contributed by atoms with Crippen molar-refractivity contribution in [1.82, 2.24) is 0 Å². The topological polar surface area (TPSA) is 83.8 Å². The quantitative estimate of drug-likeness (QED) is 0.598. The molecule has 0 amide bonds. The van der Waals surface area contributed by atoms with Gasteiger partial charge in [0, 0.05) is 5.69 Å². The predicted octanol–water partition coefficient (Wildman–Crippen LogP) is 2.62. The lowest BCUT2D eigenvalue weighted by Gasteiger charge is -2.19.